The van der Waals surface area contributed by atoms with Gasteiger partial charge in [0.1, 0.15) is 6.54 Å². The number of nitrogens with zero attached hydrogens (tertiary/aromatic N) is 1. The highest BCUT2D eigenvalue weighted by Crippen LogP contribution is 2.17. The lowest BCUT2D eigenvalue weighted by atomic mass is 10.1. The van der Waals surface area contributed by atoms with Crippen LogP contribution in [0.1, 0.15) is 5.56 Å². The highest BCUT2D eigenvalue weighted by atomic mass is 15.3. The summed E-state index contributed by atoms with van der Waals surface area (Å²) in [6.45, 7) is 1.07. The molecule has 0 radical (unpaired) electrons. The van der Waals surface area contributed by atoms with Crippen LogP contribution in [0.5, 0.6) is 0 Å². The normalized spacial score (nSPS) is 11.9. The minimum absolute atomic E-state index is 0.971. The van der Waals surface area contributed by atoms with E-state index >= 15 is 0 Å². The van der Waals surface area contributed by atoms with Crippen molar-refractivity contribution in [1.82, 2.24) is 0 Å². The van der Waals surface area contributed by atoms with Crippen molar-refractivity contribution >= 4 is 10.8 Å². The first-order valence-electron chi connectivity index (χ1n) is 5.33. The van der Waals surface area contributed by atoms with Crippen molar-refractivity contribution in [2.45, 2.75) is 6.54 Å². The van der Waals surface area contributed by atoms with E-state index in [-0.39, 0.29) is 0 Å². The van der Waals surface area contributed by atoms with Gasteiger partial charge in [0, 0.05) is 5.56 Å². The first-order chi connectivity index (χ1) is 7.04. The summed E-state index contributed by atoms with van der Waals surface area (Å²) in [5.41, 5.74) is 1.40. The van der Waals surface area contributed by atoms with Gasteiger partial charge in [-0.3, -0.25) is 0 Å². The van der Waals surface area contributed by atoms with Gasteiger partial charge in [0.25, 0.3) is 0 Å². The van der Waals surface area contributed by atoms with Gasteiger partial charge >= 0.3 is 0 Å². The molecule has 0 spiro atoms. The minimum atomic E-state index is 0.971. The van der Waals surface area contributed by atoms with E-state index in [0.717, 1.165) is 11.0 Å². The summed E-state index contributed by atoms with van der Waals surface area (Å²) in [5, 5.41) is 2.66. The van der Waals surface area contributed by atoms with Crippen molar-refractivity contribution < 1.29 is 4.48 Å². The molecule has 1 heteroatoms. The molecule has 0 atom stereocenters. The van der Waals surface area contributed by atoms with Crippen LogP contribution in [0, 0.1) is 0 Å². The Balaban J connectivity index is 2.39. The monoisotopic (exact) mass is 200 g/mol. The fraction of sp³-hybridized carbons (Fsp3) is 0.286. The molecule has 0 saturated heterocycles. The lowest BCUT2D eigenvalue weighted by Gasteiger charge is -2.24. The molecule has 0 saturated carbocycles. The molecule has 2 rings (SSSR count). The molecule has 15 heavy (non-hydrogen) atoms. The summed E-state index contributed by atoms with van der Waals surface area (Å²) in [4.78, 5) is 0. The number of hydrogen-bond donors (Lipinski definition) is 0. The molecule has 0 amide bonds. The Morgan fingerprint density at radius 1 is 0.867 bits per heavy atom. The molecule has 0 unspecified atom stereocenters. The van der Waals surface area contributed by atoms with E-state index in [9.17, 15) is 0 Å². The van der Waals surface area contributed by atoms with E-state index in [4.69, 9.17) is 0 Å². The topological polar surface area (TPSA) is 0 Å². The van der Waals surface area contributed by atoms with Crippen molar-refractivity contribution in [3.05, 3.63) is 48.0 Å². The average molecular weight is 200 g/mol. The van der Waals surface area contributed by atoms with E-state index in [1.54, 1.807) is 0 Å². The predicted octanol–water partition coefficient (Wildman–Crippen LogP) is 3.05. The Labute approximate surface area is 91.5 Å². The number of fused-ring (bicyclic) bond motifs is 1. The zero-order valence-corrected chi connectivity index (χ0v) is 9.70. The zero-order valence-electron chi connectivity index (χ0n) is 9.70. The van der Waals surface area contributed by atoms with Gasteiger partial charge in [-0.15, -0.1) is 0 Å². The molecular formula is C14H18N+. The fourth-order valence-corrected chi connectivity index (χ4v) is 1.88. The molecule has 2 aromatic carbocycles. The Bertz CT molecular complexity index is 466. The first kappa shape index (κ1) is 10.2. The molecule has 0 bridgehead atoms. The van der Waals surface area contributed by atoms with Crippen LogP contribution in [0.15, 0.2) is 42.5 Å². The SMILES string of the molecule is C[N+](C)(C)Cc1ccc2ccccc2c1. The summed E-state index contributed by atoms with van der Waals surface area (Å²) >= 11 is 0. The van der Waals surface area contributed by atoms with Crippen LogP contribution in [0.3, 0.4) is 0 Å². The van der Waals surface area contributed by atoms with Gasteiger partial charge in [0.15, 0.2) is 0 Å². The van der Waals surface area contributed by atoms with Gasteiger partial charge < -0.3 is 4.48 Å². The maximum absolute atomic E-state index is 2.29. The Kier molecular flexibility index (Phi) is 2.49. The molecule has 0 aliphatic carbocycles. The molecule has 0 N–H and O–H groups in total. The van der Waals surface area contributed by atoms with Gasteiger partial charge in [0.2, 0.25) is 0 Å². The smallest absolute Gasteiger partial charge is 0.104 e. The maximum Gasteiger partial charge on any atom is 0.104 e. The van der Waals surface area contributed by atoms with Crippen LogP contribution in [0.4, 0.5) is 0 Å². The summed E-state index contributed by atoms with van der Waals surface area (Å²) in [7, 11) is 6.65. The van der Waals surface area contributed by atoms with Crippen LogP contribution >= 0.6 is 0 Å². The standard InChI is InChI=1S/C14H18N/c1-15(2,3)11-12-8-9-13-6-4-5-7-14(13)10-12/h4-10H,11H2,1-3H3/q+1. The lowest BCUT2D eigenvalue weighted by molar-refractivity contribution is -0.883. The molecular weight excluding hydrogens is 182 g/mol. The summed E-state index contributed by atoms with van der Waals surface area (Å²) in [5.74, 6) is 0. The van der Waals surface area contributed by atoms with Gasteiger partial charge in [-0.05, 0) is 16.8 Å². The molecule has 2 aromatic rings. The van der Waals surface area contributed by atoms with E-state index < -0.39 is 0 Å². The van der Waals surface area contributed by atoms with Gasteiger partial charge in [-0.25, -0.2) is 0 Å². The summed E-state index contributed by atoms with van der Waals surface area (Å²) in [6.07, 6.45) is 0. The molecule has 1 nitrogen and oxygen atoms in total. The fourth-order valence-electron chi connectivity index (χ4n) is 1.88. The van der Waals surface area contributed by atoms with Crippen molar-refractivity contribution in [1.29, 1.82) is 0 Å². The Hall–Kier alpha value is -1.34. The van der Waals surface area contributed by atoms with Crippen molar-refractivity contribution in [3.8, 4) is 0 Å². The van der Waals surface area contributed by atoms with Gasteiger partial charge in [0.05, 0.1) is 21.1 Å². The van der Waals surface area contributed by atoms with Crippen molar-refractivity contribution in [3.63, 3.8) is 0 Å². The summed E-state index contributed by atoms with van der Waals surface area (Å²) in [6, 6.07) is 15.2. The number of hydrogen-bond acceptors (Lipinski definition) is 0. The van der Waals surface area contributed by atoms with Crippen LogP contribution in [0.25, 0.3) is 10.8 Å². The summed E-state index contributed by atoms with van der Waals surface area (Å²) < 4.78 is 0.971. The largest absolute Gasteiger partial charge is 0.327 e. The van der Waals surface area contributed by atoms with Gasteiger partial charge in [-0.1, -0.05) is 36.4 Å². The minimum Gasteiger partial charge on any atom is -0.327 e. The Morgan fingerprint density at radius 2 is 1.53 bits per heavy atom. The van der Waals surface area contributed by atoms with E-state index in [2.05, 4.69) is 63.6 Å². The maximum atomic E-state index is 2.29. The predicted molar refractivity (Wildman–Crippen MR) is 65.7 cm³/mol. The quantitative estimate of drug-likeness (QED) is 0.654. The van der Waals surface area contributed by atoms with Crippen LogP contribution in [-0.4, -0.2) is 25.6 Å². The molecule has 0 aliphatic rings. The second kappa shape index (κ2) is 3.67. The lowest BCUT2D eigenvalue weighted by Crippen LogP contribution is -2.33. The average Bonchev–Trinajstić information content (AvgIpc) is 2.15. The van der Waals surface area contributed by atoms with Crippen LogP contribution in [-0.2, 0) is 6.54 Å². The van der Waals surface area contributed by atoms with Crippen LogP contribution < -0.4 is 0 Å². The van der Waals surface area contributed by atoms with Crippen LogP contribution in [0.2, 0.25) is 0 Å². The highest BCUT2D eigenvalue weighted by molar-refractivity contribution is 5.82. The third-order valence-electron chi connectivity index (χ3n) is 2.47. The number of rotatable bonds is 2. The third-order valence-corrected chi connectivity index (χ3v) is 2.47. The molecule has 0 fully saturated rings. The molecule has 0 aliphatic heterocycles. The number of quaternary nitrogens is 1. The van der Waals surface area contributed by atoms with Crippen molar-refractivity contribution in [2.75, 3.05) is 21.1 Å². The number of benzene rings is 2. The zero-order chi connectivity index (χ0) is 10.9. The highest BCUT2D eigenvalue weighted by Gasteiger charge is 2.08. The van der Waals surface area contributed by atoms with E-state index in [1.807, 2.05) is 0 Å². The third kappa shape index (κ3) is 2.57. The van der Waals surface area contributed by atoms with Crippen molar-refractivity contribution in [2.24, 2.45) is 0 Å². The molecule has 0 aromatic heterocycles. The van der Waals surface area contributed by atoms with E-state index in [1.165, 1.54) is 16.3 Å². The molecule has 0 heterocycles. The second-order valence-electron chi connectivity index (χ2n) is 5.13. The molecule has 78 valence electrons. The Morgan fingerprint density at radius 3 is 2.20 bits per heavy atom. The first-order valence-corrected chi connectivity index (χ1v) is 5.33. The van der Waals surface area contributed by atoms with Gasteiger partial charge in [-0.2, -0.15) is 0 Å². The van der Waals surface area contributed by atoms with E-state index in [0.29, 0.717) is 0 Å². The second-order valence-corrected chi connectivity index (χ2v) is 5.13.